The van der Waals surface area contributed by atoms with Crippen molar-refractivity contribution < 1.29 is 14.3 Å². The van der Waals surface area contributed by atoms with Crippen molar-refractivity contribution in [1.29, 1.82) is 0 Å². The molecule has 4 rings (SSSR count). The lowest BCUT2D eigenvalue weighted by atomic mass is 10.1. The third-order valence-electron chi connectivity index (χ3n) is 4.65. The molecule has 0 N–H and O–H groups in total. The van der Waals surface area contributed by atoms with Gasteiger partial charge < -0.3 is 14.4 Å². The molecule has 1 saturated heterocycles. The molecule has 1 fully saturated rings. The topological polar surface area (TPSA) is 69.5 Å². The molecule has 7 nitrogen and oxygen atoms in total. The van der Waals surface area contributed by atoms with E-state index in [1.165, 1.54) is 11.8 Å². The van der Waals surface area contributed by atoms with E-state index in [2.05, 4.69) is 26.6 Å². The quantitative estimate of drug-likeness (QED) is 0.566. The first-order valence-electron chi connectivity index (χ1n) is 8.94. The Morgan fingerprint density at radius 1 is 1.23 bits per heavy atom. The second kappa shape index (κ2) is 7.67. The standard InChI is InChI=1S/C18H22N4O3S/c1-2-22-17(21-6-9-24-10-7-21)19-20-18(22)26-12-15(23)13-3-4-16-14(11-13)5-8-25-16/h3-4,11H,2,5-10,12H2,1H3. The Labute approximate surface area is 156 Å². The lowest BCUT2D eigenvalue weighted by molar-refractivity contribution is 0.102. The molecule has 0 radical (unpaired) electrons. The number of benzene rings is 1. The normalized spacial score (nSPS) is 16.4. The van der Waals surface area contributed by atoms with Crippen LogP contribution in [-0.2, 0) is 17.7 Å². The number of nitrogens with zero attached hydrogens (tertiary/aromatic N) is 4. The smallest absolute Gasteiger partial charge is 0.228 e. The summed E-state index contributed by atoms with van der Waals surface area (Å²) in [5.41, 5.74) is 1.85. The van der Waals surface area contributed by atoms with E-state index >= 15 is 0 Å². The SMILES string of the molecule is CCn1c(SCC(=O)c2ccc3c(c2)CCO3)nnc1N1CCOCC1. The molecule has 0 saturated carbocycles. The van der Waals surface area contributed by atoms with Crippen LogP contribution in [0.15, 0.2) is 23.4 Å². The fourth-order valence-corrected chi connectivity index (χ4v) is 4.13. The van der Waals surface area contributed by atoms with Gasteiger partial charge in [-0.2, -0.15) is 0 Å². The maximum atomic E-state index is 12.6. The number of carbonyl (C=O) groups is 1. The molecule has 0 amide bonds. The maximum Gasteiger partial charge on any atom is 0.228 e. The number of aromatic nitrogens is 3. The number of morpholine rings is 1. The third-order valence-corrected chi connectivity index (χ3v) is 5.62. The first-order valence-corrected chi connectivity index (χ1v) is 9.92. The van der Waals surface area contributed by atoms with Crippen molar-refractivity contribution >= 4 is 23.5 Å². The average Bonchev–Trinajstić information content (AvgIpc) is 3.32. The van der Waals surface area contributed by atoms with Crippen LogP contribution < -0.4 is 9.64 Å². The summed E-state index contributed by atoms with van der Waals surface area (Å²) in [6.45, 7) is 6.59. The van der Waals surface area contributed by atoms with Gasteiger partial charge in [0, 0.05) is 31.6 Å². The van der Waals surface area contributed by atoms with Crippen LogP contribution in [0.5, 0.6) is 5.75 Å². The van der Waals surface area contributed by atoms with E-state index in [9.17, 15) is 4.79 Å². The highest BCUT2D eigenvalue weighted by Gasteiger charge is 2.21. The van der Waals surface area contributed by atoms with E-state index in [1.54, 1.807) is 0 Å². The van der Waals surface area contributed by atoms with Crippen LogP contribution in [0.4, 0.5) is 5.95 Å². The first-order chi connectivity index (χ1) is 12.8. The van der Waals surface area contributed by atoms with Gasteiger partial charge in [0.2, 0.25) is 5.95 Å². The Morgan fingerprint density at radius 2 is 2.08 bits per heavy atom. The number of carbonyl (C=O) groups excluding carboxylic acids is 1. The van der Waals surface area contributed by atoms with Gasteiger partial charge in [-0.15, -0.1) is 10.2 Å². The van der Waals surface area contributed by atoms with Crippen molar-refractivity contribution in [2.24, 2.45) is 0 Å². The van der Waals surface area contributed by atoms with E-state index < -0.39 is 0 Å². The molecule has 0 bridgehead atoms. The highest BCUT2D eigenvalue weighted by atomic mass is 32.2. The minimum Gasteiger partial charge on any atom is -0.493 e. The van der Waals surface area contributed by atoms with Gasteiger partial charge in [-0.3, -0.25) is 9.36 Å². The molecular weight excluding hydrogens is 352 g/mol. The van der Waals surface area contributed by atoms with Crippen LogP contribution in [-0.4, -0.2) is 59.2 Å². The number of hydrogen-bond acceptors (Lipinski definition) is 7. The second-order valence-corrected chi connectivity index (χ2v) is 7.20. The highest BCUT2D eigenvalue weighted by Crippen LogP contribution is 2.27. The Bertz CT molecular complexity index is 802. The second-order valence-electron chi connectivity index (χ2n) is 6.26. The molecule has 0 unspecified atom stereocenters. The summed E-state index contributed by atoms with van der Waals surface area (Å²) in [5, 5.41) is 9.43. The minimum absolute atomic E-state index is 0.100. The van der Waals surface area contributed by atoms with Crippen LogP contribution in [0.2, 0.25) is 0 Å². The average molecular weight is 374 g/mol. The monoisotopic (exact) mass is 374 g/mol. The molecule has 2 aromatic rings. The van der Waals surface area contributed by atoms with Gasteiger partial charge >= 0.3 is 0 Å². The van der Waals surface area contributed by atoms with E-state index in [4.69, 9.17) is 9.47 Å². The van der Waals surface area contributed by atoms with Gasteiger partial charge in [0.05, 0.1) is 25.6 Å². The predicted molar refractivity (Wildman–Crippen MR) is 99.4 cm³/mol. The van der Waals surface area contributed by atoms with Crippen LogP contribution in [0, 0.1) is 0 Å². The van der Waals surface area contributed by atoms with Crippen molar-refractivity contribution in [2.45, 2.75) is 25.0 Å². The molecule has 138 valence electrons. The summed E-state index contributed by atoms with van der Waals surface area (Å²) in [6.07, 6.45) is 0.872. The molecule has 2 aliphatic rings. The van der Waals surface area contributed by atoms with Crippen LogP contribution in [0.1, 0.15) is 22.8 Å². The van der Waals surface area contributed by atoms with Crippen LogP contribution >= 0.6 is 11.8 Å². The predicted octanol–water partition coefficient (Wildman–Crippen LogP) is 2.04. The zero-order chi connectivity index (χ0) is 17.9. The number of Topliss-reactive ketones (excluding diaryl/α,β-unsaturated/α-hetero) is 1. The maximum absolute atomic E-state index is 12.6. The lowest BCUT2D eigenvalue weighted by Crippen LogP contribution is -2.38. The molecule has 1 aromatic carbocycles. The minimum atomic E-state index is 0.100. The summed E-state index contributed by atoms with van der Waals surface area (Å²) in [7, 11) is 0. The van der Waals surface area contributed by atoms with Crippen LogP contribution in [0.25, 0.3) is 0 Å². The molecule has 0 aliphatic carbocycles. The molecule has 8 heteroatoms. The Hall–Kier alpha value is -2.06. The number of ketones is 1. The van der Waals surface area contributed by atoms with Crippen molar-refractivity contribution in [3.8, 4) is 5.75 Å². The molecule has 3 heterocycles. The molecule has 2 aliphatic heterocycles. The molecule has 0 atom stereocenters. The van der Waals surface area contributed by atoms with E-state index in [0.717, 1.165) is 54.0 Å². The third kappa shape index (κ3) is 3.43. The van der Waals surface area contributed by atoms with E-state index in [1.807, 2.05) is 18.2 Å². The van der Waals surface area contributed by atoms with E-state index in [-0.39, 0.29) is 5.78 Å². The summed E-state index contributed by atoms with van der Waals surface area (Å²) in [6, 6.07) is 5.69. The summed E-state index contributed by atoms with van der Waals surface area (Å²) >= 11 is 1.44. The van der Waals surface area contributed by atoms with Gasteiger partial charge in [-0.05, 0) is 30.7 Å². The number of anilines is 1. The molecule has 26 heavy (non-hydrogen) atoms. The fourth-order valence-electron chi connectivity index (χ4n) is 3.24. The van der Waals surface area contributed by atoms with Gasteiger partial charge in [-0.1, -0.05) is 11.8 Å². The number of hydrogen-bond donors (Lipinski definition) is 0. The summed E-state index contributed by atoms with van der Waals surface area (Å²) in [4.78, 5) is 14.8. The zero-order valence-corrected chi connectivity index (χ0v) is 15.6. The van der Waals surface area contributed by atoms with Crippen LogP contribution in [0.3, 0.4) is 0 Å². The number of rotatable bonds is 6. The van der Waals surface area contributed by atoms with Crippen molar-refractivity contribution in [3.05, 3.63) is 29.3 Å². The van der Waals surface area contributed by atoms with Gasteiger partial charge in [0.25, 0.3) is 0 Å². The van der Waals surface area contributed by atoms with Gasteiger partial charge in [-0.25, -0.2) is 0 Å². The van der Waals surface area contributed by atoms with Crippen molar-refractivity contribution in [1.82, 2.24) is 14.8 Å². The summed E-state index contributed by atoms with van der Waals surface area (Å²) < 4.78 is 13.0. The first kappa shape index (κ1) is 17.4. The van der Waals surface area contributed by atoms with Gasteiger partial charge in [0.15, 0.2) is 10.9 Å². The Balaban J connectivity index is 1.44. The summed E-state index contributed by atoms with van der Waals surface area (Å²) in [5.74, 6) is 2.21. The largest absolute Gasteiger partial charge is 0.493 e. The Kier molecular flexibility index (Phi) is 5.12. The number of fused-ring (bicyclic) bond motifs is 1. The number of thioether (sulfide) groups is 1. The van der Waals surface area contributed by atoms with Crippen molar-refractivity contribution in [2.75, 3.05) is 43.6 Å². The van der Waals surface area contributed by atoms with Crippen molar-refractivity contribution in [3.63, 3.8) is 0 Å². The molecule has 0 spiro atoms. The zero-order valence-electron chi connectivity index (χ0n) is 14.8. The molecular formula is C18H22N4O3S. The Morgan fingerprint density at radius 3 is 2.88 bits per heavy atom. The fraction of sp³-hybridized carbons (Fsp3) is 0.500. The molecule has 1 aromatic heterocycles. The highest BCUT2D eigenvalue weighted by molar-refractivity contribution is 7.99. The van der Waals surface area contributed by atoms with E-state index in [0.29, 0.717) is 25.6 Å². The number of ether oxygens (including phenoxy) is 2. The lowest BCUT2D eigenvalue weighted by Gasteiger charge is -2.27. The van der Waals surface area contributed by atoms with Gasteiger partial charge in [0.1, 0.15) is 5.75 Å².